The summed E-state index contributed by atoms with van der Waals surface area (Å²) in [6.07, 6.45) is 19.6. The summed E-state index contributed by atoms with van der Waals surface area (Å²) < 4.78 is 0. The molecule has 1 N–H and O–H groups in total. The fourth-order valence-corrected chi connectivity index (χ4v) is 3.13. The topological polar surface area (TPSA) is 40.5 Å². The first-order chi connectivity index (χ1) is 11.1. The van der Waals surface area contributed by atoms with Crippen molar-refractivity contribution in [3.8, 4) is 0 Å². The van der Waals surface area contributed by atoms with E-state index >= 15 is 0 Å². The van der Waals surface area contributed by atoms with Crippen LogP contribution < -0.4 is 0 Å². The van der Waals surface area contributed by atoms with Gasteiger partial charge in [0.1, 0.15) is 6.04 Å². The number of nitrogens with zero attached hydrogens (tertiary/aromatic N) is 1. The Kier molecular flexibility index (Phi) is 21.9. The van der Waals surface area contributed by atoms with E-state index in [0.717, 1.165) is 12.8 Å². The number of carboxylic acids is 1. The van der Waals surface area contributed by atoms with Gasteiger partial charge >= 0.3 is 35.5 Å². The van der Waals surface area contributed by atoms with Crippen molar-refractivity contribution in [2.45, 2.75) is 109 Å². The monoisotopic (exact) mass is 351 g/mol. The molecule has 0 fully saturated rings. The predicted molar refractivity (Wildman–Crippen MR) is 107 cm³/mol. The maximum atomic E-state index is 11.1. The molecule has 4 heteroatoms. The van der Waals surface area contributed by atoms with Crippen molar-refractivity contribution in [2.24, 2.45) is 0 Å². The fraction of sp³-hybridized carbons (Fsp3) is 0.950. The minimum atomic E-state index is -0.690. The normalized spacial score (nSPS) is 12.2. The van der Waals surface area contributed by atoms with E-state index in [1.807, 2.05) is 19.0 Å². The van der Waals surface area contributed by atoms with Crippen LogP contribution >= 0.6 is 0 Å². The summed E-state index contributed by atoms with van der Waals surface area (Å²) in [5.74, 6) is -0.690. The van der Waals surface area contributed by atoms with Gasteiger partial charge in [0.25, 0.3) is 0 Å². The average Bonchev–Trinajstić information content (AvgIpc) is 2.50. The van der Waals surface area contributed by atoms with Gasteiger partial charge in [0.15, 0.2) is 0 Å². The van der Waals surface area contributed by atoms with E-state index in [-0.39, 0.29) is 35.6 Å². The summed E-state index contributed by atoms with van der Waals surface area (Å²) in [6.45, 7) is 2.27. The van der Waals surface area contributed by atoms with E-state index in [0.29, 0.717) is 0 Å². The molecule has 0 aliphatic carbocycles. The zero-order chi connectivity index (χ0) is 17.3. The molecule has 0 spiro atoms. The van der Waals surface area contributed by atoms with Crippen LogP contribution in [-0.2, 0) is 4.79 Å². The molecule has 24 heavy (non-hydrogen) atoms. The molecule has 1 unspecified atom stereocenters. The van der Waals surface area contributed by atoms with Crippen LogP contribution in [0.1, 0.15) is 103 Å². The number of hydrogen-bond acceptors (Lipinski definition) is 2. The van der Waals surface area contributed by atoms with Crippen molar-refractivity contribution in [2.75, 3.05) is 14.1 Å². The van der Waals surface area contributed by atoms with E-state index in [4.69, 9.17) is 5.11 Å². The standard InChI is InChI=1S/C20H41NO2.Na.H/c1-4-5-6-7-8-9-10-11-12-13-14-15-16-17-18-19(20(22)23)21(2)3;;/h19H,4-18H2,1-3H3,(H,22,23);;. The molecule has 0 aromatic carbocycles. The summed E-state index contributed by atoms with van der Waals surface area (Å²) in [5, 5.41) is 9.11. The van der Waals surface area contributed by atoms with Crippen LogP contribution in [0.5, 0.6) is 0 Å². The van der Waals surface area contributed by atoms with Gasteiger partial charge in [-0.2, -0.15) is 0 Å². The molecule has 0 radical (unpaired) electrons. The van der Waals surface area contributed by atoms with Crippen LogP contribution in [0.4, 0.5) is 0 Å². The van der Waals surface area contributed by atoms with Crippen molar-refractivity contribution < 1.29 is 9.90 Å². The van der Waals surface area contributed by atoms with Crippen molar-refractivity contribution in [1.82, 2.24) is 4.90 Å². The Morgan fingerprint density at radius 1 is 0.750 bits per heavy atom. The number of hydrogen-bond donors (Lipinski definition) is 1. The van der Waals surface area contributed by atoms with Crippen LogP contribution in [0.2, 0.25) is 0 Å². The molecular weight excluding hydrogens is 309 g/mol. The Morgan fingerprint density at radius 3 is 1.38 bits per heavy atom. The fourth-order valence-electron chi connectivity index (χ4n) is 3.13. The molecule has 0 saturated heterocycles. The quantitative estimate of drug-likeness (QED) is 0.288. The molecule has 3 nitrogen and oxygen atoms in total. The van der Waals surface area contributed by atoms with Crippen molar-refractivity contribution in [1.29, 1.82) is 0 Å². The summed E-state index contributed by atoms with van der Waals surface area (Å²) in [4.78, 5) is 12.9. The number of likely N-dealkylation sites (N-methyl/N-ethyl adjacent to an activating group) is 1. The second-order valence-electron chi connectivity index (χ2n) is 7.20. The van der Waals surface area contributed by atoms with Gasteiger partial charge in [-0.1, -0.05) is 96.8 Å². The third kappa shape index (κ3) is 17.3. The van der Waals surface area contributed by atoms with Gasteiger partial charge in [-0.25, -0.2) is 0 Å². The van der Waals surface area contributed by atoms with Crippen LogP contribution in [-0.4, -0.2) is 65.7 Å². The van der Waals surface area contributed by atoms with Crippen molar-refractivity contribution in [3.05, 3.63) is 0 Å². The van der Waals surface area contributed by atoms with Gasteiger partial charge in [-0.3, -0.25) is 9.69 Å². The van der Waals surface area contributed by atoms with Crippen molar-refractivity contribution >= 4 is 35.5 Å². The summed E-state index contributed by atoms with van der Waals surface area (Å²) in [7, 11) is 3.70. The molecule has 0 rings (SSSR count). The molecule has 0 aliphatic rings. The number of rotatable bonds is 17. The number of carboxylic acid groups (broad SMARTS) is 1. The second-order valence-corrected chi connectivity index (χ2v) is 7.20. The first-order valence-corrected chi connectivity index (χ1v) is 9.98. The molecular formula is C20H42NNaO2. The van der Waals surface area contributed by atoms with Crippen LogP contribution in [0, 0.1) is 0 Å². The molecule has 0 saturated carbocycles. The van der Waals surface area contributed by atoms with Crippen LogP contribution in [0.25, 0.3) is 0 Å². The summed E-state index contributed by atoms with van der Waals surface area (Å²) in [6, 6.07) is -0.313. The third-order valence-electron chi connectivity index (χ3n) is 4.74. The first kappa shape index (κ1) is 26.7. The molecule has 0 aliphatic heterocycles. The maximum absolute atomic E-state index is 11.1. The summed E-state index contributed by atoms with van der Waals surface area (Å²) >= 11 is 0. The van der Waals surface area contributed by atoms with Gasteiger partial charge in [0.05, 0.1) is 0 Å². The van der Waals surface area contributed by atoms with Crippen molar-refractivity contribution in [3.63, 3.8) is 0 Å². The number of unbranched alkanes of at least 4 members (excludes halogenated alkanes) is 13. The van der Waals surface area contributed by atoms with E-state index in [9.17, 15) is 4.79 Å². The third-order valence-corrected chi connectivity index (χ3v) is 4.74. The van der Waals surface area contributed by atoms with E-state index in [1.165, 1.54) is 83.5 Å². The Labute approximate surface area is 173 Å². The zero-order valence-corrected chi connectivity index (χ0v) is 16.0. The van der Waals surface area contributed by atoms with Gasteiger partial charge in [-0.15, -0.1) is 0 Å². The van der Waals surface area contributed by atoms with E-state index < -0.39 is 5.97 Å². The second kappa shape index (κ2) is 19.8. The predicted octanol–water partition coefficient (Wildman–Crippen LogP) is 5.22. The molecule has 0 heterocycles. The minimum absolute atomic E-state index is 0. The number of aliphatic carboxylic acids is 1. The Bertz CT molecular complexity index is 272. The molecule has 0 aromatic heterocycles. The van der Waals surface area contributed by atoms with E-state index in [2.05, 4.69) is 6.92 Å². The van der Waals surface area contributed by atoms with Gasteiger partial charge in [-0.05, 0) is 20.5 Å². The Morgan fingerprint density at radius 2 is 1.08 bits per heavy atom. The molecule has 1 atom stereocenters. The van der Waals surface area contributed by atoms with Gasteiger partial charge in [0, 0.05) is 0 Å². The Balaban J connectivity index is 0. The molecule has 0 amide bonds. The Hall–Kier alpha value is 0.430. The van der Waals surface area contributed by atoms with Crippen LogP contribution in [0.3, 0.4) is 0 Å². The van der Waals surface area contributed by atoms with Crippen LogP contribution in [0.15, 0.2) is 0 Å². The van der Waals surface area contributed by atoms with E-state index in [1.54, 1.807) is 0 Å². The molecule has 140 valence electrons. The molecule has 0 aromatic rings. The van der Waals surface area contributed by atoms with Gasteiger partial charge in [0.2, 0.25) is 0 Å². The zero-order valence-electron chi connectivity index (χ0n) is 16.0. The molecule has 0 bridgehead atoms. The first-order valence-electron chi connectivity index (χ1n) is 9.98. The summed E-state index contributed by atoms with van der Waals surface area (Å²) in [5.41, 5.74) is 0. The average molecular weight is 352 g/mol. The number of carbonyl (C=O) groups is 1. The van der Waals surface area contributed by atoms with Gasteiger partial charge < -0.3 is 5.11 Å². The SMILES string of the molecule is CCCCCCCCCCCCCCCCC(C(=O)O)N(C)C.[NaH].